The molecule has 0 amide bonds. The van der Waals surface area contributed by atoms with Gasteiger partial charge in [0.05, 0.1) is 25.4 Å². The lowest BCUT2D eigenvalue weighted by atomic mass is 10.2. The molecule has 148 valence electrons. The smallest absolute Gasteiger partial charge is 0.184 e. The topological polar surface area (TPSA) is 97.9 Å². The van der Waals surface area contributed by atoms with E-state index in [0.29, 0.717) is 23.4 Å². The minimum Gasteiger partial charge on any atom is -0.394 e. The number of aromatic nitrogens is 4. The first-order chi connectivity index (χ1) is 13.0. The molecule has 1 N–H and O–H groups in total. The van der Waals surface area contributed by atoms with E-state index in [1.165, 1.54) is 6.33 Å². The number of aliphatic imine (C=N–C) groups is 1. The number of ether oxygens (including phenoxy) is 2. The molecule has 0 aliphatic carbocycles. The molecular weight excluding hydrogens is 388 g/mol. The van der Waals surface area contributed by atoms with Crippen molar-refractivity contribution in [2.75, 3.05) is 27.0 Å². The predicted octanol–water partition coefficient (Wildman–Crippen LogP) is 2.07. The van der Waals surface area contributed by atoms with Crippen LogP contribution in [0.3, 0.4) is 0 Å². The van der Waals surface area contributed by atoms with Gasteiger partial charge < -0.3 is 19.5 Å². The van der Waals surface area contributed by atoms with Crippen LogP contribution in [0.2, 0.25) is 0 Å². The lowest BCUT2D eigenvalue weighted by Crippen LogP contribution is -2.29. The van der Waals surface area contributed by atoms with Crippen molar-refractivity contribution in [3.63, 3.8) is 0 Å². The molecule has 0 spiro atoms. The van der Waals surface area contributed by atoms with Gasteiger partial charge in [0.2, 0.25) is 0 Å². The third-order valence-corrected chi connectivity index (χ3v) is 5.98. The van der Waals surface area contributed by atoms with Gasteiger partial charge in [-0.25, -0.2) is 19.9 Å². The number of aliphatic hydroxyl groups is 1. The molecule has 1 fully saturated rings. The highest BCUT2D eigenvalue weighted by atomic mass is 33.1. The highest BCUT2D eigenvalue weighted by Crippen LogP contribution is 2.36. The first kappa shape index (κ1) is 20.3. The SMILES string of the molecule is CSS[C@H](C)O[C@@H]1C[C@H](n2cnc3c(N=CN(C)C)ncnc32)O[C@@H]1CO. The summed E-state index contributed by atoms with van der Waals surface area (Å²) in [6, 6.07) is 0. The molecule has 0 radical (unpaired) electrons. The summed E-state index contributed by atoms with van der Waals surface area (Å²) in [5.41, 5.74) is 1.26. The van der Waals surface area contributed by atoms with Gasteiger partial charge in [0.15, 0.2) is 17.0 Å². The summed E-state index contributed by atoms with van der Waals surface area (Å²) >= 11 is 0. The maximum absolute atomic E-state index is 9.68. The quantitative estimate of drug-likeness (QED) is 0.302. The van der Waals surface area contributed by atoms with Crippen molar-refractivity contribution in [2.24, 2.45) is 4.99 Å². The van der Waals surface area contributed by atoms with E-state index in [2.05, 4.69) is 19.9 Å². The molecule has 0 saturated carbocycles. The Bertz CT molecular complexity index is 787. The van der Waals surface area contributed by atoms with Crippen LogP contribution < -0.4 is 0 Å². The van der Waals surface area contributed by atoms with Crippen molar-refractivity contribution in [3.05, 3.63) is 12.7 Å². The molecule has 11 heteroatoms. The number of hydrogen-bond donors (Lipinski definition) is 1. The lowest BCUT2D eigenvalue weighted by Gasteiger charge is -2.20. The van der Waals surface area contributed by atoms with Crippen LogP contribution in [0.25, 0.3) is 11.2 Å². The minimum absolute atomic E-state index is 0.00947. The number of rotatable bonds is 8. The second-order valence-electron chi connectivity index (χ2n) is 6.28. The molecule has 2 aromatic heterocycles. The molecule has 9 nitrogen and oxygen atoms in total. The molecule has 0 aromatic carbocycles. The van der Waals surface area contributed by atoms with Gasteiger partial charge in [-0.3, -0.25) is 4.57 Å². The van der Waals surface area contributed by atoms with Gasteiger partial charge in [-0.2, -0.15) is 0 Å². The zero-order valence-corrected chi connectivity index (χ0v) is 17.4. The summed E-state index contributed by atoms with van der Waals surface area (Å²) in [4.78, 5) is 19.1. The van der Waals surface area contributed by atoms with Crippen LogP contribution in [0.5, 0.6) is 0 Å². The van der Waals surface area contributed by atoms with Gasteiger partial charge in [-0.05, 0) is 13.2 Å². The fourth-order valence-corrected chi connectivity index (χ4v) is 4.31. The van der Waals surface area contributed by atoms with E-state index in [1.807, 2.05) is 36.7 Å². The lowest BCUT2D eigenvalue weighted by molar-refractivity contribution is -0.0628. The Morgan fingerprint density at radius 2 is 2.30 bits per heavy atom. The molecule has 2 aromatic rings. The second-order valence-corrected chi connectivity index (χ2v) is 9.05. The van der Waals surface area contributed by atoms with Gasteiger partial charge in [-0.1, -0.05) is 21.6 Å². The van der Waals surface area contributed by atoms with E-state index < -0.39 is 0 Å². The standard InChI is InChI=1S/C16H24N6O3S2/c1-10(27-26-4)24-11-5-13(25-12(11)6-23)22-9-19-14-15(20-8-21(2)3)17-7-18-16(14)22/h7-13,23H,5-6H2,1-4H3/t10-,11-,12-,13-/m1/s1. The molecule has 1 aliphatic heterocycles. The summed E-state index contributed by atoms with van der Waals surface area (Å²) in [7, 11) is 7.06. The minimum atomic E-state index is -0.384. The molecule has 3 heterocycles. The Hall–Kier alpha value is -1.40. The van der Waals surface area contributed by atoms with Crippen molar-refractivity contribution in [1.29, 1.82) is 0 Å². The molecule has 3 rings (SSSR count). The molecule has 27 heavy (non-hydrogen) atoms. The van der Waals surface area contributed by atoms with Gasteiger partial charge in [0, 0.05) is 20.5 Å². The monoisotopic (exact) mass is 412 g/mol. The Morgan fingerprint density at radius 1 is 1.48 bits per heavy atom. The summed E-state index contributed by atoms with van der Waals surface area (Å²) in [6.07, 6.45) is 6.53. The van der Waals surface area contributed by atoms with Crippen LogP contribution in [-0.2, 0) is 9.47 Å². The molecule has 0 bridgehead atoms. The zero-order valence-electron chi connectivity index (χ0n) is 15.7. The van der Waals surface area contributed by atoms with Crippen LogP contribution in [-0.4, -0.2) is 80.5 Å². The van der Waals surface area contributed by atoms with Crippen LogP contribution in [0.4, 0.5) is 5.82 Å². The van der Waals surface area contributed by atoms with Gasteiger partial charge in [-0.15, -0.1) is 0 Å². The van der Waals surface area contributed by atoms with E-state index in [9.17, 15) is 5.11 Å². The van der Waals surface area contributed by atoms with E-state index >= 15 is 0 Å². The van der Waals surface area contributed by atoms with Gasteiger partial charge >= 0.3 is 0 Å². The number of fused-ring (bicyclic) bond motifs is 1. The third-order valence-electron chi connectivity index (χ3n) is 4.02. The Balaban J connectivity index is 1.82. The van der Waals surface area contributed by atoms with E-state index in [1.54, 1.807) is 34.3 Å². The maximum Gasteiger partial charge on any atom is 0.184 e. The fourth-order valence-electron chi connectivity index (χ4n) is 2.90. The summed E-state index contributed by atoms with van der Waals surface area (Å²) in [5, 5.41) is 9.68. The van der Waals surface area contributed by atoms with Crippen molar-refractivity contribution in [1.82, 2.24) is 24.4 Å². The van der Waals surface area contributed by atoms with Crippen molar-refractivity contribution >= 4 is 44.9 Å². The van der Waals surface area contributed by atoms with Crippen molar-refractivity contribution in [2.45, 2.75) is 37.2 Å². The summed E-state index contributed by atoms with van der Waals surface area (Å²) < 4.78 is 13.9. The maximum atomic E-state index is 9.68. The predicted molar refractivity (Wildman–Crippen MR) is 108 cm³/mol. The highest BCUT2D eigenvalue weighted by Gasteiger charge is 2.38. The number of hydrogen-bond acceptors (Lipinski definition) is 9. The van der Waals surface area contributed by atoms with E-state index in [-0.39, 0.29) is 30.5 Å². The largest absolute Gasteiger partial charge is 0.394 e. The second kappa shape index (κ2) is 9.20. The number of imidazole rings is 1. The van der Waals surface area contributed by atoms with E-state index in [0.717, 1.165) is 0 Å². The van der Waals surface area contributed by atoms with Crippen molar-refractivity contribution < 1.29 is 14.6 Å². The summed E-state index contributed by atoms with van der Waals surface area (Å²) in [5.74, 6) is 0.502. The Morgan fingerprint density at radius 3 is 3.00 bits per heavy atom. The number of nitrogens with zero attached hydrogens (tertiary/aromatic N) is 6. The third kappa shape index (κ3) is 4.72. The molecular formula is C16H24N6O3S2. The molecule has 4 atom stereocenters. The van der Waals surface area contributed by atoms with E-state index in [4.69, 9.17) is 9.47 Å². The van der Waals surface area contributed by atoms with Gasteiger partial charge in [0.1, 0.15) is 24.1 Å². The van der Waals surface area contributed by atoms with Crippen molar-refractivity contribution in [3.8, 4) is 0 Å². The molecule has 1 aliphatic rings. The first-order valence-electron chi connectivity index (χ1n) is 8.52. The van der Waals surface area contributed by atoms with Gasteiger partial charge in [0.25, 0.3) is 0 Å². The molecule has 1 saturated heterocycles. The Kier molecular flexibility index (Phi) is 6.93. The van der Waals surface area contributed by atoms with Crippen LogP contribution in [0, 0.1) is 0 Å². The summed E-state index contributed by atoms with van der Waals surface area (Å²) in [6.45, 7) is 1.90. The first-order valence-corrected chi connectivity index (χ1v) is 11.1. The average Bonchev–Trinajstić information content (AvgIpc) is 3.23. The van der Waals surface area contributed by atoms with Crippen LogP contribution in [0.15, 0.2) is 17.6 Å². The highest BCUT2D eigenvalue weighted by molar-refractivity contribution is 8.76. The van der Waals surface area contributed by atoms with Crippen LogP contribution in [0.1, 0.15) is 19.6 Å². The van der Waals surface area contributed by atoms with Crippen LogP contribution >= 0.6 is 21.6 Å². The zero-order chi connectivity index (χ0) is 19.4. The number of aliphatic hydroxyl groups excluding tert-OH is 1. The average molecular weight is 413 g/mol. The normalized spacial score (nSPS) is 24.1. The Labute approximate surface area is 166 Å². The fraction of sp³-hybridized carbons (Fsp3) is 0.625. The molecule has 0 unspecified atom stereocenters.